The fourth-order valence-electron chi connectivity index (χ4n) is 2.51. The zero-order valence-corrected chi connectivity index (χ0v) is 13.0. The molecule has 0 bridgehead atoms. The molecule has 1 rings (SSSR count). The molecule has 0 saturated carbocycles. The van der Waals surface area contributed by atoms with Crippen molar-refractivity contribution in [3.63, 3.8) is 0 Å². The lowest BCUT2D eigenvalue weighted by Crippen LogP contribution is -2.42. The summed E-state index contributed by atoms with van der Waals surface area (Å²) in [6.07, 6.45) is 3.87. The second-order valence-electron chi connectivity index (χ2n) is 6.11. The number of hydrogen-bond acceptors (Lipinski definition) is 3. The zero-order valence-electron chi connectivity index (χ0n) is 13.0. The van der Waals surface area contributed by atoms with Crippen LogP contribution in [0.5, 0.6) is 0 Å². The van der Waals surface area contributed by atoms with E-state index in [9.17, 15) is 9.90 Å². The number of carbonyl (C=O) groups is 1. The predicted octanol–water partition coefficient (Wildman–Crippen LogP) is 2.47. The molecule has 0 aromatic carbocycles. The van der Waals surface area contributed by atoms with Crippen molar-refractivity contribution < 1.29 is 9.90 Å². The summed E-state index contributed by atoms with van der Waals surface area (Å²) in [7, 11) is 0. The van der Waals surface area contributed by atoms with Crippen LogP contribution in [0.3, 0.4) is 0 Å². The Morgan fingerprint density at radius 1 is 1.50 bits per heavy atom. The normalized spacial score (nSPS) is 16.1. The van der Waals surface area contributed by atoms with Gasteiger partial charge in [-0.05, 0) is 31.7 Å². The smallest absolute Gasteiger partial charge is 0.311 e. The van der Waals surface area contributed by atoms with Crippen molar-refractivity contribution in [2.45, 2.75) is 53.0 Å². The molecule has 1 aromatic rings. The minimum absolute atomic E-state index is 0.136. The highest BCUT2D eigenvalue weighted by molar-refractivity contribution is 5.75. The predicted molar refractivity (Wildman–Crippen MR) is 79.5 cm³/mol. The second-order valence-corrected chi connectivity index (χ2v) is 6.11. The molecule has 0 radical (unpaired) electrons. The maximum Gasteiger partial charge on any atom is 0.311 e. The molecular weight excluding hydrogens is 254 g/mol. The molecule has 0 saturated heterocycles. The molecule has 114 valence electrons. The van der Waals surface area contributed by atoms with E-state index in [0.29, 0.717) is 18.9 Å². The maximum atomic E-state index is 11.7. The highest BCUT2D eigenvalue weighted by Gasteiger charge is 2.38. The van der Waals surface area contributed by atoms with Gasteiger partial charge < -0.3 is 10.8 Å². The summed E-state index contributed by atoms with van der Waals surface area (Å²) in [5.41, 5.74) is 5.67. The van der Waals surface area contributed by atoms with Crippen LogP contribution in [0.4, 0.5) is 0 Å². The molecule has 0 spiro atoms. The lowest BCUT2D eigenvalue weighted by molar-refractivity contribution is -0.149. The summed E-state index contributed by atoms with van der Waals surface area (Å²) in [6.45, 7) is 8.37. The topological polar surface area (TPSA) is 81.1 Å². The number of nitrogens with zero attached hydrogens (tertiary/aromatic N) is 2. The first kappa shape index (κ1) is 16.7. The van der Waals surface area contributed by atoms with Gasteiger partial charge in [0.05, 0.1) is 11.1 Å². The Kier molecular flexibility index (Phi) is 5.74. The Morgan fingerprint density at radius 3 is 2.60 bits per heavy atom. The Balaban J connectivity index is 2.95. The van der Waals surface area contributed by atoms with Crippen molar-refractivity contribution in [2.24, 2.45) is 17.1 Å². The van der Waals surface area contributed by atoms with E-state index in [4.69, 9.17) is 5.73 Å². The number of aliphatic carboxylic acids is 1. The largest absolute Gasteiger partial charge is 0.481 e. The lowest BCUT2D eigenvalue weighted by Gasteiger charge is -2.29. The number of carboxylic acids is 1. The average Bonchev–Trinajstić information content (AvgIpc) is 2.84. The minimum Gasteiger partial charge on any atom is -0.481 e. The van der Waals surface area contributed by atoms with Crippen LogP contribution in [0.2, 0.25) is 0 Å². The van der Waals surface area contributed by atoms with Gasteiger partial charge in [-0.3, -0.25) is 9.48 Å². The molecule has 2 unspecified atom stereocenters. The number of rotatable bonds is 8. The zero-order chi connectivity index (χ0) is 15.3. The lowest BCUT2D eigenvalue weighted by atomic mass is 9.76. The monoisotopic (exact) mass is 281 g/mol. The fourth-order valence-corrected chi connectivity index (χ4v) is 2.51. The van der Waals surface area contributed by atoms with E-state index >= 15 is 0 Å². The van der Waals surface area contributed by atoms with Gasteiger partial charge in [0.1, 0.15) is 0 Å². The van der Waals surface area contributed by atoms with Gasteiger partial charge in [0.15, 0.2) is 0 Å². The van der Waals surface area contributed by atoms with Gasteiger partial charge in [-0.2, -0.15) is 5.10 Å². The minimum atomic E-state index is -0.914. The van der Waals surface area contributed by atoms with Gasteiger partial charge in [-0.1, -0.05) is 20.8 Å². The third-order valence-corrected chi connectivity index (χ3v) is 3.87. The Morgan fingerprint density at radius 2 is 2.15 bits per heavy atom. The SMILES string of the molecule is CCC(C)n1ccc(CC(CN)(CC(C)C)C(=O)O)n1. The van der Waals surface area contributed by atoms with Gasteiger partial charge in [0.25, 0.3) is 0 Å². The van der Waals surface area contributed by atoms with Crippen LogP contribution in [0.1, 0.15) is 52.3 Å². The summed E-state index contributed by atoms with van der Waals surface area (Å²) in [5.74, 6) is -0.543. The standard InChI is InChI=1S/C15H27N3O2/c1-5-12(4)18-7-6-13(17-18)9-15(10-16,14(19)20)8-11(2)3/h6-7,11-12H,5,8-10,16H2,1-4H3,(H,19,20). The van der Waals surface area contributed by atoms with Crippen LogP contribution in [-0.4, -0.2) is 27.4 Å². The summed E-state index contributed by atoms with van der Waals surface area (Å²) >= 11 is 0. The van der Waals surface area contributed by atoms with Crippen LogP contribution < -0.4 is 5.73 Å². The number of hydrogen-bond donors (Lipinski definition) is 2. The van der Waals surface area contributed by atoms with E-state index in [1.54, 1.807) is 0 Å². The molecule has 3 N–H and O–H groups in total. The van der Waals surface area contributed by atoms with Gasteiger partial charge in [0.2, 0.25) is 0 Å². The highest BCUT2D eigenvalue weighted by atomic mass is 16.4. The van der Waals surface area contributed by atoms with Crippen molar-refractivity contribution in [2.75, 3.05) is 6.54 Å². The first-order valence-corrected chi connectivity index (χ1v) is 7.32. The second kappa shape index (κ2) is 6.88. The molecule has 0 aliphatic carbocycles. The summed E-state index contributed by atoms with van der Waals surface area (Å²) in [6, 6.07) is 2.23. The quantitative estimate of drug-likeness (QED) is 0.767. The molecular formula is C15H27N3O2. The van der Waals surface area contributed by atoms with E-state index in [1.165, 1.54) is 0 Å². The molecule has 5 nitrogen and oxygen atoms in total. The molecule has 5 heteroatoms. The van der Waals surface area contributed by atoms with Crippen molar-refractivity contribution in [1.29, 1.82) is 0 Å². The highest BCUT2D eigenvalue weighted by Crippen LogP contribution is 2.30. The number of nitrogens with two attached hydrogens (primary N) is 1. The van der Waals surface area contributed by atoms with Crippen molar-refractivity contribution in [3.8, 4) is 0 Å². The first-order valence-electron chi connectivity index (χ1n) is 7.32. The molecule has 2 atom stereocenters. The van der Waals surface area contributed by atoms with E-state index < -0.39 is 11.4 Å². The number of carboxylic acid groups (broad SMARTS) is 1. The van der Waals surface area contributed by atoms with Crippen LogP contribution in [0.25, 0.3) is 0 Å². The first-order chi connectivity index (χ1) is 9.34. The van der Waals surface area contributed by atoms with Gasteiger partial charge in [-0.15, -0.1) is 0 Å². The molecule has 1 heterocycles. The van der Waals surface area contributed by atoms with Crippen molar-refractivity contribution in [3.05, 3.63) is 18.0 Å². The van der Waals surface area contributed by atoms with Crippen molar-refractivity contribution in [1.82, 2.24) is 9.78 Å². The summed E-state index contributed by atoms with van der Waals surface area (Å²) in [5, 5.41) is 14.1. The molecule has 0 amide bonds. The fraction of sp³-hybridized carbons (Fsp3) is 0.733. The van der Waals surface area contributed by atoms with Crippen LogP contribution in [0.15, 0.2) is 12.3 Å². The number of aromatic nitrogens is 2. The average molecular weight is 281 g/mol. The van der Waals surface area contributed by atoms with Gasteiger partial charge in [-0.25, -0.2) is 0 Å². The third-order valence-electron chi connectivity index (χ3n) is 3.87. The molecule has 1 aromatic heterocycles. The Hall–Kier alpha value is -1.36. The van der Waals surface area contributed by atoms with E-state index in [1.807, 2.05) is 30.8 Å². The van der Waals surface area contributed by atoms with Gasteiger partial charge in [0, 0.05) is 25.2 Å². The summed E-state index contributed by atoms with van der Waals surface area (Å²) in [4.78, 5) is 11.7. The van der Waals surface area contributed by atoms with E-state index in [2.05, 4.69) is 18.9 Å². The Bertz CT molecular complexity index is 442. The molecule has 0 fully saturated rings. The molecule has 0 aliphatic rings. The van der Waals surface area contributed by atoms with Gasteiger partial charge >= 0.3 is 5.97 Å². The summed E-state index contributed by atoms with van der Waals surface area (Å²) < 4.78 is 1.90. The van der Waals surface area contributed by atoms with E-state index in [-0.39, 0.29) is 12.5 Å². The van der Waals surface area contributed by atoms with E-state index in [0.717, 1.165) is 12.1 Å². The maximum absolute atomic E-state index is 11.7. The van der Waals surface area contributed by atoms with Crippen LogP contribution in [0, 0.1) is 11.3 Å². The van der Waals surface area contributed by atoms with Crippen LogP contribution in [-0.2, 0) is 11.2 Å². The third kappa shape index (κ3) is 3.82. The molecule has 20 heavy (non-hydrogen) atoms. The Labute approximate surface area is 121 Å². The van der Waals surface area contributed by atoms with Crippen molar-refractivity contribution >= 4 is 5.97 Å². The van der Waals surface area contributed by atoms with Crippen LogP contribution >= 0.6 is 0 Å². The molecule has 0 aliphatic heterocycles.